The summed E-state index contributed by atoms with van der Waals surface area (Å²) in [5.74, 6) is -0.327. The largest absolute Gasteiger partial charge is 0.461 e. The van der Waals surface area contributed by atoms with Crippen LogP contribution in [0.2, 0.25) is 0 Å². The number of likely N-dealkylation sites (tertiary alicyclic amines) is 1. The molecule has 0 spiro atoms. The van der Waals surface area contributed by atoms with E-state index in [1.807, 2.05) is 11.7 Å². The molecule has 1 atom stereocenters. The Bertz CT molecular complexity index is 597. The van der Waals surface area contributed by atoms with Gasteiger partial charge in [-0.05, 0) is 26.3 Å². The zero-order chi connectivity index (χ0) is 14.7. The van der Waals surface area contributed by atoms with E-state index in [4.69, 9.17) is 4.74 Å². The van der Waals surface area contributed by atoms with Gasteiger partial charge >= 0.3 is 5.97 Å². The average Bonchev–Trinajstić information content (AvgIpc) is 3.20. The minimum absolute atomic E-state index is 0.306. The van der Waals surface area contributed by atoms with Crippen molar-refractivity contribution in [2.75, 3.05) is 13.2 Å². The van der Waals surface area contributed by atoms with Crippen molar-refractivity contribution in [2.24, 2.45) is 0 Å². The third-order valence-corrected chi connectivity index (χ3v) is 5.21. The van der Waals surface area contributed by atoms with Gasteiger partial charge in [-0.15, -0.1) is 22.7 Å². The van der Waals surface area contributed by atoms with Crippen molar-refractivity contribution < 1.29 is 9.53 Å². The molecule has 3 heterocycles. The summed E-state index contributed by atoms with van der Waals surface area (Å²) in [5.41, 5.74) is 2.30. The summed E-state index contributed by atoms with van der Waals surface area (Å²) < 4.78 is 5.00. The average molecular weight is 323 g/mol. The van der Waals surface area contributed by atoms with Crippen LogP contribution in [-0.2, 0) is 11.3 Å². The van der Waals surface area contributed by atoms with Gasteiger partial charge in [-0.1, -0.05) is 0 Å². The van der Waals surface area contributed by atoms with Gasteiger partial charge in [0.2, 0.25) is 0 Å². The van der Waals surface area contributed by atoms with Crippen molar-refractivity contribution in [3.8, 4) is 0 Å². The first-order valence-corrected chi connectivity index (χ1v) is 8.78. The molecule has 0 N–H and O–H groups in total. The van der Waals surface area contributed by atoms with Crippen molar-refractivity contribution in [1.29, 1.82) is 0 Å². The molecule has 5 nitrogen and oxygen atoms in total. The molecule has 112 valence electrons. The molecule has 0 aromatic carbocycles. The number of aromatic nitrogens is 2. The maximum absolute atomic E-state index is 11.7. The molecular formula is C14H17N3O2S2. The van der Waals surface area contributed by atoms with Crippen LogP contribution < -0.4 is 0 Å². The monoisotopic (exact) mass is 323 g/mol. The normalized spacial score (nSPS) is 19.0. The smallest absolute Gasteiger partial charge is 0.357 e. The minimum Gasteiger partial charge on any atom is -0.461 e. The van der Waals surface area contributed by atoms with Gasteiger partial charge in [-0.2, -0.15) is 0 Å². The molecule has 0 bridgehead atoms. The first kappa shape index (κ1) is 14.6. The van der Waals surface area contributed by atoms with E-state index in [9.17, 15) is 4.79 Å². The molecule has 21 heavy (non-hydrogen) atoms. The van der Waals surface area contributed by atoms with Gasteiger partial charge in [0.05, 0.1) is 18.2 Å². The van der Waals surface area contributed by atoms with E-state index in [0.717, 1.165) is 30.9 Å². The number of esters is 1. The summed E-state index contributed by atoms with van der Waals surface area (Å²) >= 11 is 3.23. The fraction of sp³-hybridized carbons (Fsp3) is 0.500. The number of hydrogen-bond donors (Lipinski definition) is 0. The van der Waals surface area contributed by atoms with Crippen LogP contribution in [0.15, 0.2) is 17.1 Å². The van der Waals surface area contributed by atoms with E-state index in [1.54, 1.807) is 35.0 Å². The summed E-state index contributed by atoms with van der Waals surface area (Å²) in [6, 6.07) is 0.306. The van der Waals surface area contributed by atoms with Gasteiger partial charge in [0.25, 0.3) is 0 Å². The maximum Gasteiger partial charge on any atom is 0.357 e. The third kappa shape index (κ3) is 3.30. The Balaban J connectivity index is 1.71. The molecule has 7 heteroatoms. The van der Waals surface area contributed by atoms with Crippen molar-refractivity contribution in [1.82, 2.24) is 14.9 Å². The molecule has 0 amide bonds. The van der Waals surface area contributed by atoms with Crippen LogP contribution in [0.25, 0.3) is 0 Å². The van der Waals surface area contributed by atoms with Crippen LogP contribution in [-0.4, -0.2) is 34.0 Å². The molecule has 1 aliphatic heterocycles. The van der Waals surface area contributed by atoms with E-state index in [2.05, 4.69) is 14.9 Å². The number of ether oxygens (including phenoxy) is 1. The lowest BCUT2D eigenvalue weighted by Gasteiger charge is -2.21. The van der Waals surface area contributed by atoms with Crippen LogP contribution in [0.3, 0.4) is 0 Å². The second-order valence-corrected chi connectivity index (χ2v) is 6.75. The zero-order valence-corrected chi connectivity index (χ0v) is 13.5. The highest BCUT2D eigenvalue weighted by Crippen LogP contribution is 2.35. The molecule has 2 aromatic heterocycles. The van der Waals surface area contributed by atoms with Crippen LogP contribution >= 0.6 is 22.7 Å². The van der Waals surface area contributed by atoms with E-state index < -0.39 is 0 Å². The summed E-state index contributed by atoms with van der Waals surface area (Å²) in [6.45, 7) is 4.16. The zero-order valence-electron chi connectivity index (χ0n) is 11.8. The summed E-state index contributed by atoms with van der Waals surface area (Å²) in [7, 11) is 0. The van der Waals surface area contributed by atoms with Gasteiger partial charge in [0.1, 0.15) is 5.01 Å². The van der Waals surface area contributed by atoms with E-state index in [-0.39, 0.29) is 5.97 Å². The van der Waals surface area contributed by atoms with E-state index in [0.29, 0.717) is 18.3 Å². The number of thiazole rings is 2. The maximum atomic E-state index is 11.7. The molecule has 0 radical (unpaired) electrons. The van der Waals surface area contributed by atoms with Gasteiger partial charge < -0.3 is 4.74 Å². The van der Waals surface area contributed by atoms with Crippen molar-refractivity contribution in [2.45, 2.75) is 32.4 Å². The third-order valence-electron chi connectivity index (χ3n) is 3.50. The van der Waals surface area contributed by atoms with E-state index in [1.165, 1.54) is 4.88 Å². The molecule has 0 unspecified atom stereocenters. The van der Waals surface area contributed by atoms with Crippen LogP contribution in [0, 0.1) is 0 Å². The number of carbonyl (C=O) groups excluding carboxylic acids is 1. The molecule has 3 rings (SSSR count). The quantitative estimate of drug-likeness (QED) is 0.791. The van der Waals surface area contributed by atoms with Gasteiger partial charge in [-0.25, -0.2) is 9.78 Å². The summed E-state index contributed by atoms with van der Waals surface area (Å²) in [5, 5.41) is 2.82. The first-order valence-electron chi connectivity index (χ1n) is 7.02. The van der Waals surface area contributed by atoms with Crippen LogP contribution in [0.4, 0.5) is 0 Å². The Morgan fingerprint density at radius 2 is 2.43 bits per heavy atom. The van der Waals surface area contributed by atoms with Crippen molar-refractivity contribution in [3.63, 3.8) is 0 Å². The number of hydrogen-bond acceptors (Lipinski definition) is 7. The predicted octanol–water partition coefficient (Wildman–Crippen LogP) is 3.11. The fourth-order valence-corrected chi connectivity index (χ4v) is 4.13. The Kier molecular flexibility index (Phi) is 4.62. The summed E-state index contributed by atoms with van der Waals surface area (Å²) in [6.07, 6.45) is 4.18. The highest BCUT2D eigenvalue weighted by Gasteiger charge is 2.29. The molecular weight excluding hydrogens is 306 g/mol. The van der Waals surface area contributed by atoms with Crippen LogP contribution in [0.5, 0.6) is 0 Å². The number of rotatable bonds is 5. The molecule has 1 saturated heterocycles. The highest BCUT2D eigenvalue weighted by atomic mass is 32.1. The molecule has 1 fully saturated rings. The van der Waals surface area contributed by atoms with Gasteiger partial charge in [0.15, 0.2) is 5.69 Å². The predicted molar refractivity (Wildman–Crippen MR) is 82.6 cm³/mol. The minimum atomic E-state index is -0.327. The Morgan fingerprint density at radius 3 is 3.19 bits per heavy atom. The second kappa shape index (κ2) is 6.64. The molecule has 0 saturated carbocycles. The highest BCUT2D eigenvalue weighted by molar-refractivity contribution is 7.10. The van der Waals surface area contributed by atoms with Gasteiger partial charge in [-0.3, -0.25) is 9.88 Å². The first-order chi connectivity index (χ1) is 10.3. The van der Waals surface area contributed by atoms with Crippen molar-refractivity contribution in [3.05, 3.63) is 32.7 Å². The van der Waals surface area contributed by atoms with E-state index >= 15 is 0 Å². The lowest BCUT2D eigenvalue weighted by atomic mass is 10.2. The summed E-state index contributed by atoms with van der Waals surface area (Å²) in [4.78, 5) is 24.0. The van der Waals surface area contributed by atoms with Crippen LogP contribution in [0.1, 0.15) is 46.2 Å². The molecule has 0 aliphatic carbocycles. The lowest BCUT2D eigenvalue weighted by Crippen LogP contribution is -2.22. The SMILES string of the molecule is CCOC(=O)c1csc([C@H]2CCCN2Cc2cncs2)n1. The number of carbonyl (C=O) groups is 1. The fourth-order valence-electron chi connectivity index (χ4n) is 2.55. The standard InChI is InChI=1S/C14H17N3O2S2/c1-2-19-14(18)11-8-20-13(16-11)12-4-3-5-17(12)7-10-6-15-9-21-10/h6,8-9,12H,2-5,7H2,1H3/t12-/m1/s1. The molecule has 1 aliphatic rings. The Hall–Kier alpha value is -1.31. The lowest BCUT2D eigenvalue weighted by molar-refractivity contribution is 0.0520. The number of nitrogens with zero attached hydrogens (tertiary/aromatic N) is 3. The topological polar surface area (TPSA) is 55.3 Å². The van der Waals surface area contributed by atoms with Gasteiger partial charge in [0, 0.05) is 23.0 Å². The second-order valence-electron chi connectivity index (χ2n) is 4.89. The Morgan fingerprint density at radius 1 is 1.52 bits per heavy atom. The molecule has 2 aromatic rings. The van der Waals surface area contributed by atoms with Crippen molar-refractivity contribution >= 4 is 28.6 Å². The Labute approximate surface area is 131 Å².